The largest absolute Gasteiger partial charge is 0.288 e. The Labute approximate surface area is 189 Å². The topological polar surface area (TPSA) is 3.24 Å². The van der Waals surface area contributed by atoms with Gasteiger partial charge < -0.3 is 0 Å². The molecule has 0 aromatic heterocycles. The van der Waals surface area contributed by atoms with Crippen LogP contribution in [-0.2, 0) is 0 Å². The summed E-state index contributed by atoms with van der Waals surface area (Å²) in [5.41, 5.74) is 1.70. The van der Waals surface area contributed by atoms with Crippen molar-refractivity contribution < 1.29 is 0 Å². The first-order valence-corrected chi connectivity index (χ1v) is 12.9. The molecule has 1 saturated heterocycles. The van der Waals surface area contributed by atoms with Crippen LogP contribution >= 0.6 is 0 Å². The van der Waals surface area contributed by atoms with Crippen molar-refractivity contribution in [3.63, 3.8) is 0 Å². The highest BCUT2D eigenvalue weighted by atomic mass is 15.3. The van der Waals surface area contributed by atoms with E-state index in [2.05, 4.69) is 100 Å². The fraction of sp³-hybridized carbons (Fsp3) is 0.931. The second kappa shape index (κ2) is 7.64. The van der Waals surface area contributed by atoms with Crippen molar-refractivity contribution in [2.45, 2.75) is 126 Å². The lowest BCUT2D eigenvalue weighted by atomic mass is 9.59. The van der Waals surface area contributed by atoms with Crippen LogP contribution in [0.25, 0.3) is 0 Å². The van der Waals surface area contributed by atoms with Crippen LogP contribution in [0.4, 0.5) is 0 Å². The van der Waals surface area contributed by atoms with E-state index >= 15 is 0 Å². The van der Waals surface area contributed by atoms with Gasteiger partial charge in [-0.25, -0.2) is 0 Å². The van der Waals surface area contributed by atoms with Gasteiger partial charge in [0.2, 0.25) is 0 Å². The molecule has 0 amide bonds. The molecule has 0 radical (unpaired) electrons. The Kier molecular flexibility index (Phi) is 6.20. The fourth-order valence-corrected chi connectivity index (χ4v) is 8.32. The normalized spacial score (nSPS) is 38.9. The lowest BCUT2D eigenvalue weighted by Gasteiger charge is -2.48. The minimum absolute atomic E-state index is 0.294. The van der Waals surface area contributed by atoms with Gasteiger partial charge in [0.1, 0.15) is 0 Å². The van der Waals surface area contributed by atoms with Gasteiger partial charge in [0.25, 0.3) is 0 Å². The van der Waals surface area contributed by atoms with Gasteiger partial charge in [0, 0.05) is 17.6 Å². The van der Waals surface area contributed by atoms with Crippen LogP contribution in [0.15, 0.2) is 12.2 Å². The van der Waals surface area contributed by atoms with E-state index in [1.54, 1.807) is 0 Å². The summed E-state index contributed by atoms with van der Waals surface area (Å²) in [5, 5.41) is 0. The predicted octanol–water partition coefficient (Wildman–Crippen LogP) is 8.20. The van der Waals surface area contributed by atoms with Crippen molar-refractivity contribution in [1.82, 2.24) is 4.90 Å². The molecule has 4 aliphatic rings. The maximum Gasteiger partial charge on any atom is 0.0293 e. The van der Waals surface area contributed by atoms with Gasteiger partial charge in [-0.3, -0.25) is 4.90 Å². The number of hydrogen-bond donors (Lipinski definition) is 0. The molecule has 30 heavy (non-hydrogen) atoms. The maximum absolute atomic E-state index is 2.73. The average Bonchev–Trinajstić information content (AvgIpc) is 3.30. The molecule has 1 heteroatoms. The smallest absolute Gasteiger partial charge is 0.0293 e. The van der Waals surface area contributed by atoms with Crippen molar-refractivity contribution in [3.8, 4) is 0 Å². The van der Waals surface area contributed by atoms with Crippen LogP contribution in [0, 0.1) is 45.8 Å². The number of hydrogen-bond acceptors (Lipinski definition) is 1. The van der Waals surface area contributed by atoms with Crippen LogP contribution < -0.4 is 0 Å². The van der Waals surface area contributed by atoms with Gasteiger partial charge in [-0.15, -0.1) is 0 Å². The van der Waals surface area contributed by atoms with Gasteiger partial charge in [-0.05, 0) is 92.3 Å². The summed E-state index contributed by atoms with van der Waals surface area (Å²) in [6, 6.07) is 1.41. The van der Waals surface area contributed by atoms with E-state index < -0.39 is 0 Å². The number of fused-ring (bicyclic) bond motifs is 4. The summed E-state index contributed by atoms with van der Waals surface area (Å²) in [6.07, 6.45) is 10.8. The molecule has 0 N–H and O–H groups in total. The first kappa shape index (κ1) is 24.3. The van der Waals surface area contributed by atoms with E-state index in [1.807, 2.05) is 0 Å². The van der Waals surface area contributed by atoms with Crippen molar-refractivity contribution in [2.75, 3.05) is 0 Å². The van der Waals surface area contributed by atoms with E-state index in [0.717, 1.165) is 29.6 Å². The Morgan fingerprint density at radius 1 is 0.600 bits per heavy atom. The molecule has 1 nitrogen and oxygen atoms in total. The summed E-state index contributed by atoms with van der Waals surface area (Å²) in [5.74, 6) is 4.81. The zero-order valence-corrected chi connectivity index (χ0v) is 22.5. The third-order valence-corrected chi connectivity index (χ3v) is 8.73. The average molecular weight is 416 g/mol. The maximum atomic E-state index is 2.73. The molecule has 7 unspecified atom stereocenters. The number of nitrogens with zero attached hydrogens (tertiary/aromatic N) is 1. The second-order valence-corrected chi connectivity index (χ2v) is 15.4. The van der Waals surface area contributed by atoms with Crippen LogP contribution in [0.5, 0.6) is 0 Å². The third-order valence-electron chi connectivity index (χ3n) is 8.73. The van der Waals surface area contributed by atoms with E-state index in [4.69, 9.17) is 0 Å². The first-order valence-electron chi connectivity index (χ1n) is 12.9. The molecule has 3 fully saturated rings. The molecule has 0 spiro atoms. The summed E-state index contributed by atoms with van der Waals surface area (Å²) < 4.78 is 0. The highest BCUT2D eigenvalue weighted by Gasteiger charge is 2.55. The monoisotopic (exact) mass is 415 g/mol. The molecule has 1 aliphatic heterocycles. The molecule has 0 aromatic carbocycles. The molecule has 1 heterocycles. The van der Waals surface area contributed by atoms with Crippen LogP contribution in [0.1, 0.15) is 109 Å². The van der Waals surface area contributed by atoms with Crippen molar-refractivity contribution in [3.05, 3.63) is 12.2 Å². The van der Waals surface area contributed by atoms with Crippen LogP contribution in [-0.4, -0.2) is 22.5 Å². The Morgan fingerprint density at radius 3 is 1.40 bits per heavy atom. The quantitative estimate of drug-likeness (QED) is 0.360. The van der Waals surface area contributed by atoms with E-state index in [1.165, 1.54) is 25.7 Å². The Hall–Kier alpha value is -0.300. The van der Waals surface area contributed by atoms with Crippen molar-refractivity contribution >= 4 is 0 Å². The minimum Gasteiger partial charge on any atom is -0.288 e. The number of likely N-dealkylation sites (tertiary alicyclic amines) is 1. The number of rotatable bonds is 0. The van der Waals surface area contributed by atoms with Gasteiger partial charge in [-0.2, -0.15) is 0 Å². The van der Waals surface area contributed by atoms with Gasteiger partial charge >= 0.3 is 0 Å². The highest BCUT2D eigenvalue weighted by Crippen LogP contribution is 2.62. The second-order valence-electron chi connectivity index (χ2n) is 15.4. The molecular formula is C29H53N. The van der Waals surface area contributed by atoms with Crippen molar-refractivity contribution in [2.24, 2.45) is 45.8 Å². The van der Waals surface area contributed by atoms with E-state index in [-0.39, 0.29) is 0 Å². The molecule has 7 atom stereocenters. The van der Waals surface area contributed by atoms with Crippen LogP contribution in [0.2, 0.25) is 0 Å². The molecule has 0 aromatic rings. The minimum atomic E-state index is 0.294. The molecule has 4 bridgehead atoms. The SMILES string of the molecule is CC(C)(C)C1C2C=CC(C2)N1C(C)(C)C.CC(C)(C)C1C2CCC(C2)C1C(C)(C)C. The first-order chi connectivity index (χ1) is 13.4. The summed E-state index contributed by atoms with van der Waals surface area (Å²) in [7, 11) is 0. The van der Waals surface area contributed by atoms with Crippen molar-refractivity contribution in [1.29, 1.82) is 0 Å². The Morgan fingerprint density at radius 2 is 1.07 bits per heavy atom. The van der Waals surface area contributed by atoms with Gasteiger partial charge in [0.05, 0.1) is 0 Å². The third kappa shape index (κ3) is 4.57. The zero-order chi connectivity index (χ0) is 22.9. The summed E-state index contributed by atoms with van der Waals surface area (Å²) in [4.78, 5) is 2.73. The lowest BCUT2D eigenvalue weighted by Crippen LogP contribution is -2.55. The lowest BCUT2D eigenvalue weighted by molar-refractivity contribution is 0.0240. The fourth-order valence-electron chi connectivity index (χ4n) is 8.32. The standard InChI is InChI=1S/C15H28.C14H25N/c1-14(2,3)12-10-7-8-11(9-10)13(12)15(4,5)6;1-13(2,3)12-10-7-8-11(9-10)15(12)14(4,5)6/h10-13H,7-9H2,1-6H3;7-8,10-12H,9H2,1-6H3. The summed E-state index contributed by atoms with van der Waals surface area (Å²) >= 11 is 0. The van der Waals surface area contributed by atoms with Crippen LogP contribution in [0.3, 0.4) is 0 Å². The zero-order valence-electron chi connectivity index (χ0n) is 22.5. The molecule has 2 saturated carbocycles. The molecule has 3 aliphatic carbocycles. The predicted molar refractivity (Wildman–Crippen MR) is 133 cm³/mol. The Bertz CT molecular complexity index is 575. The van der Waals surface area contributed by atoms with Gasteiger partial charge in [0.15, 0.2) is 0 Å². The molecular weight excluding hydrogens is 362 g/mol. The van der Waals surface area contributed by atoms with E-state index in [9.17, 15) is 0 Å². The molecule has 4 rings (SSSR count). The summed E-state index contributed by atoms with van der Waals surface area (Å²) in [6.45, 7) is 28.9. The Balaban J connectivity index is 0.000000171. The van der Waals surface area contributed by atoms with E-state index in [0.29, 0.717) is 33.9 Å². The molecule has 174 valence electrons. The van der Waals surface area contributed by atoms with Gasteiger partial charge in [-0.1, -0.05) is 74.5 Å². The highest BCUT2D eigenvalue weighted by molar-refractivity contribution is 5.20.